The van der Waals surface area contributed by atoms with Crippen molar-refractivity contribution in [2.45, 2.75) is 25.8 Å². The molecule has 4 heteroatoms. The maximum Gasteiger partial charge on any atom is 0.184 e. The van der Waals surface area contributed by atoms with E-state index in [2.05, 4.69) is 16.7 Å². The van der Waals surface area contributed by atoms with Crippen LogP contribution < -0.4 is 0 Å². The van der Waals surface area contributed by atoms with Gasteiger partial charge in [0.2, 0.25) is 0 Å². The van der Waals surface area contributed by atoms with Crippen molar-refractivity contribution < 1.29 is 8.78 Å². The van der Waals surface area contributed by atoms with Crippen molar-refractivity contribution in [3.05, 3.63) is 41.6 Å². The molecule has 0 aliphatic rings. The van der Waals surface area contributed by atoms with Crippen LogP contribution in [-0.2, 0) is 6.42 Å². The van der Waals surface area contributed by atoms with Crippen LogP contribution in [0.5, 0.6) is 0 Å². The van der Waals surface area contributed by atoms with E-state index in [0.29, 0.717) is 5.39 Å². The molecule has 0 fully saturated rings. The molecule has 0 amide bonds. The zero-order valence-electron chi connectivity index (χ0n) is 10.2. The first kappa shape index (κ1) is 12.6. The second-order valence-corrected chi connectivity index (χ2v) is 4.35. The summed E-state index contributed by atoms with van der Waals surface area (Å²) in [5.74, 6) is -1.76. The Bertz CT molecular complexity index is 581. The van der Waals surface area contributed by atoms with E-state index in [9.17, 15) is 8.78 Å². The minimum absolute atomic E-state index is 0.0774. The largest absolute Gasteiger partial charge is 0.298 e. The summed E-state index contributed by atoms with van der Waals surface area (Å²) in [5.41, 5.74) is 1.07. The molecule has 94 valence electrons. The van der Waals surface area contributed by atoms with Crippen molar-refractivity contribution in [3.63, 3.8) is 0 Å². The average Bonchev–Trinajstić information content (AvgIpc) is 2.40. The van der Waals surface area contributed by atoms with E-state index in [0.717, 1.165) is 24.5 Å². The first-order valence-electron chi connectivity index (χ1n) is 5.80. The molecule has 0 bridgehead atoms. The van der Waals surface area contributed by atoms with Crippen molar-refractivity contribution in [2.24, 2.45) is 4.99 Å². The standard InChI is InChI=1S/C14H14F2N2/c1-9(17-2)3-4-10-7-11-5-6-12(15)13(16)14(11)18-8-10/h5-9H,2-4H2,1H3. The lowest BCUT2D eigenvalue weighted by molar-refractivity contribution is 0.515. The summed E-state index contributed by atoms with van der Waals surface area (Å²) in [7, 11) is 0. The van der Waals surface area contributed by atoms with Crippen LogP contribution in [0, 0.1) is 11.6 Å². The lowest BCUT2D eigenvalue weighted by Crippen LogP contribution is -2.00. The monoisotopic (exact) mass is 248 g/mol. The van der Waals surface area contributed by atoms with E-state index in [-0.39, 0.29) is 11.6 Å². The summed E-state index contributed by atoms with van der Waals surface area (Å²) in [6.45, 7) is 5.47. The van der Waals surface area contributed by atoms with Gasteiger partial charge < -0.3 is 0 Å². The molecule has 1 atom stereocenters. The van der Waals surface area contributed by atoms with Gasteiger partial charge in [0.15, 0.2) is 11.6 Å². The lowest BCUT2D eigenvalue weighted by atomic mass is 10.1. The number of pyridine rings is 1. The van der Waals surface area contributed by atoms with Crippen LogP contribution in [0.3, 0.4) is 0 Å². The van der Waals surface area contributed by atoms with Crippen LogP contribution in [0.4, 0.5) is 8.78 Å². The van der Waals surface area contributed by atoms with Gasteiger partial charge in [-0.15, -0.1) is 0 Å². The Balaban J connectivity index is 2.28. The van der Waals surface area contributed by atoms with Crippen molar-refractivity contribution in [1.82, 2.24) is 4.98 Å². The van der Waals surface area contributed by atoms with Crippen LogP contribution in [0.15, 0.2) is 29.4 Å². The maximum absolute atomic E-state index is 13.4. The molecule has 1 unspecified atom stereocenters. The number of halogens is 2. The number of aryl methyl sites for hydroxylation is 1. The fourth-order valence-corrected chi connectivity index (χ4v) is 1.79. The van der Waals surface area contributed by atoms with Gasteiger partial charge in [0.1, 0.15) is 5.52 Å². The molecule has 0 spiro atoms. The summed E-state index contributed by atoms with van der Waals surface area (Å²) in [6, 6.07) is 4.68. The van der Waals surface area contributed by atoms with Gasteiger partial charge in [0.25, 0.3) is 0 Å². The average molecular weight is 248 g/mol. The summed E-state index contributed by atoms with van der Waals surface area (Å²) in [4.78, 5) is 7.90. The first-order valence-corrected chi connectivity index (χ1v) is 5.80. The minimum Gasteiger partial charge on any atom is -0.298 e. The van der Waals surface area contributed by atoms with Gasteiger partial charge in [-0.2, -0.15) is 0 Å². The Labute approximate surface area is 104 Å². The Hall–Kier alpha value is -1.84. The molecule has 0 saturated carbocycles. The Morgan fingerprint density at radius 2 is 2.17 bits per heavy atom. The number of fused-ring (bicyclic) bond motifs is 1. The zero-order chi connectivity index (χ0) is 13.1. The van der Waals surface area contributed by atoms with Crippen molar-refractivity contribution in [2.75, 3.05) is 0 Å². The smallest absolute Gasteiger partial charge is 0.184 e. The normalized spacial score (nSPS) is 12.6. The molecule has 18 heavy (non-hydrogen) atoms. The molecule has 0 saturated heterocycles. The van der Waals surface area contributed by atoms with Crippen LogP contribution in [0.1, 0.15) is 18.9 Å². The maximum atomic E-state index is 13.4. The number of nitrogens with zero attached hydrogens (tertiary/aromatic N) is 2. The molecular formula is C14H14F2N2. The molecule has 2 rings (SSSR count). The van der Waals surface area contributed by atoms with Crippen molar-refractivity contribution >= 4 is 17.6 Å². The molecule has 1 aromatic heterocycles. The van der Waals surface area contributed by atoms with Crippen LogP contribution in [0.25, 0.3) is 10.9 Å². The molecule has 0 radical (unpaired) electrons. The van der Waals surface area contributed by atoms with E-state index < -0.39 is 11.6 Å². The molecular weight excluding hydrogens is 234 g/mol. The second-order valence-electron chi connectivity index (χ2n) is 4.35. The van der Waals surface area contributed by atoms with Gasteiger partial charge in [0.05, 0.1) is 0 Å². The highest BCUT2D eigenvalue weighted by molar-refractivity contribution is 5.79. The number of benzene rings is 1. The number of rotatable bonds is 4. The summed E-state index contributed by atoms with van der Waals surface area (Å²) in [5, 5.41) is 0.616. The number of aromatic nitrogens is 1. The second kappa shape index (κ2) is 5.21. The van der Waals surface area contributed by atoms with Gasteiger partial charge >= 0.3 is 0 Å². The summed E-state index contributed by atoms with van der Waals surface area (Å²) in [6.07, 6.45) is 3.24. The summed E-state index contributed by atoms with van der Waals surface area (Å²) < 4.78 is 26.5. The molecule has 2 nitrogen and oxygen atoms in total. The fourth-order valence-electron chi connectivity index (χ4n) is 1.79. The van der Waals surface area contributed by atoms with Gasteiger partial charge in [-0.3, -0.25) is 9.98 Å². The topological polar surface area (TPSA) is 25.2 Å². The zero-order valence-corrected chi connectivity index (χ0v) is 10.2. The van der Waals surface area contributed by atoms with E-state index in [1.165, 1.54) is 0 Å². The van der Waals surface area contributed by atoms with Crippen LogP contribution in [-0.4, -0.2) is 17.7 Å². The number of hydrogen-bond donors (Lipinski definition) is 0. The molecule has 0 aliphatic heterocycles. The Morgan fingerprint density at radius 1 is 1.39 bits per heavy atom. The van der Waals surface area contributed by atoms with E-state index >= 15 is 0 Å². The third kappa shape index (κ3) is 2.53. The van der Waals surface area contributed by atoms with E-state index in [4.69, 9.17) is 0 Å². The highest BCUT2D eigenvalue weighted by Crippen LogP contribution is 2.20. The molecule has 1 heterocycles. The SMILES string of the molecule is C=NC(C)CCc1cnc2c(F)c(F)ccc2c1. The van der Waals surface area contributed by atoms with E-state index in [1.54, 1.807) is 12.3 Å². The van der Waals surface area contributed by atoms with Crippen LogP contribution >= 0.6 is 0 Å². The van der Waals surface area contributed by atoms with Gasteiger partial charge in [-0.1, -0.05) is 0 Å². The van der Waals surface area contributed by atoms with Crippen molar-refractivity contribution in [3.8, 4) is 0 Å². The van der Waals surface area contributed by atoms with Gasteiger partial charge in [0, 0.05) is 17.6 Å². The third-order valence-corrected chi connectivity index (χ3v) is 2.96. The molecule has 0 N–H and O–H groups in total. The molecule has 1 aromatic carbocycles. The van der Waals surface area contributed by atoms with Gasteiger partial charge in [-0.25, -0.2) is 8.78 Å². The van der Waals surface area contributed by atoms with Crippen molar-refractivity contribution in [1.29, 1.82) is 0 Å². The Kier molecular flexibility index (Phi) is 3.65. The first-order chi connectivity index (χ1) is 8.61. The minimum atomic E-state index is -0.889. The molecule has 2 aromatic rings. The van der Waals surface area contributed by atoms with Crippen LogP contribution in [0.2, 0.25) is 0 Å². The highest BCUT2D eigenvalue weighted by atomic mass is 19.2. The predicted molar refractivity (Wildman–Crippen MR) is 69.0 cm³/mol. The third-order valence-electron chi connectivity index (χ3n) is 2.96. The number of aliphatic imine (C=N–C) groups is 1. The predicted octanol–water partition coefficient (Wildman–Crippen LogP) is 3.53. The fraction of sp³-hybridized carbons (Fsp3) is 0.286. The quantitative estimate of drug-likeness (QED) is 0.760. The van der Waals surface area contributed by atoms with E-state index in [1.807, 2.05) is 13.0 Å². The highest BCUT2D eigenvalue weighted by Gasteiger charge is 2.09. The summed E-state index contributed by atoms with van der Waals surface area (Å²) >= 11 is 0. The van der Waals surface area contributed by atoms with Gasteiger partial charge in [-0.05, 0) is 50.2 Å². The molecule has 0 aliphatic carbocycles. The number of hydrogen-bond acceptors (Lipinski definition) is 2. The lowest BCUT2D eigenvalue weighted by Gasteiger charge is -2.06. The Morgan fingerprint density at radius 3 is 2.89 bits per heavy atom.